The highest BCUT2D eigenvalue weighted by Crippen LogP contribution is 2.12. The van der Waals surface area contributed by atoms with E-state index in [0.717, 1.165) is 18.8 Å². The SMILES string of the molecule is CCCNC(Cn1ccnc1C(C)C)C(=O)OCC. The van der Waals surface area contributed by atoms with Gasteiger partial charge >= 0.3 is 5.97 Å². The fourth-order valence-corrected chi connectivity index (χ4v) is 1.96. The molecule has 0 saturated carbocycles. The van der Waals surface area contributed by atoms with Gasteiger partial charge in [-0.3, -0.25) is 4.79 Å². The Morgan fingerprint density at radius 3 is 2.79 bits per heavy atom. The van der Waals surface area contributed by atoms with Gasteiger partial charge in [0.25, 0.3) is 0 Å². The highest BCUT2D eigenvalue weighted by Gasteiger charge is 2.21. The topological polar surface area (TPSA) is 56.2 Å². The van der Waals surface area contributed by atoms with Gasteiger partial charge in [0.1, 0.15) is 11.9 Å². The first-order chi connectivity index (χ1) is 9.10. The minimum atomic E-state index is -0.313. The van der Waals surface area contributed by atoms with Gasteiger partial charge in [-0.15, -0.1) is 0 Å². The molecule has 1 aromatic rings. The molecule has 0 aliphatic carbocycles. The Bertz CT molecular complexity index is 388. The molecule has 19 heavy (non-hydrogen) atoms. The van der Waals surface area contributed by atoms with E-state index in [-0.39, 0.29) is 12.0 Å². The molecule has 108 valence electrons. The first-order valence-corrected chi connectivity index (χ1v) is 7.01. The van der Waals surface area contributed by atoms with E-state index in [0.29, 0.717) is 19.1 Å². The molecule has 0 bridgehead atoms. The molecule has 0 radical (unpaired) electrons. The average Bonchev–Trinajstić information content (AvgIpc) is 2.82. The number of carbonyl (C=O) groups excluding carboxylic acids is 1. The number of ether oxygens (including phenoxy) is 1. The van der Waals surface area contributed by atoms with Gasteiger partial charge in [0.15, 0.2) is 0 Å². The van der Waals surface area contributed by atoms with Crippen LogP contribution in [0, 0.1) is 0 Å². The molecule has 1 heterocycles. The van der Waals surface area contributed by atoms with Crippen LogP contribution in [-0.2, 0) is 16.1 Å². The molecule has 0 aromatic carbocycles. The summed E-state index contributed by atoms with van der Waals surface area (Å²) in [5.74, 6) is 1.14. The quantitative estimate of drug-likeness (QED) is 0.731. The highest BCUT2D eigenvalue weighted by molar-refractivity contribution is 5.75. The van der Waals surface area contributed by atoms with Crippen LogP contribution in [-0.4, -0.2) is 34.7 Å². The summed E-state index contributed by atoms with van der Waals surface area (Å²) in [6, 6.07) is -0.313. The van der Waals surface area contributed by atoms with Crippen LogP contribution in [0.3, 0.4) is 0 Å². The van der Waals surface area contributed by atoms with Gasteiger partial charge in [-0.25, -0.2) is 4.98 Å². The van der Waals surface area contributed by atoms with E-state index >= 15 is 0 Å². The monoisotopic (exact) mass is 267 g/mol. The minimum Gasteiger partial charge on any atom is -0.465 e. The van der Waals surface area contributed by atoms with E-state index in [2.05, 4.69) is 31.1 Å². The van der Waals surface area contributed by atoms with Crippen molar-refractivity contribution in [1.82, 2.24) is 14.9 Å². The Morgan fingerprint density at radius 1 is 1.47 bits per heavy atom. The van der Waals surface area contributed by atoms with Gasteiger partial charge < -0.3 is 14.6 Å². The van der Waals surface area contributed by atoms with Crippen molar-refractivity contribution in [3.05, 3.63) is 18.2 Å². The molecule has 0 fully saturated rings. The third-order valence-electron chi connectivity index (χ3n) is 2.86. The molecule has 1 aromatic heterocycles. The van der Waals surface area contributed by atoms with Crippen molar-refractivity contribution in [2.24, 2.45) is 0 Å². The normalized spacial score (nSPS) is 12.7. The van der Waals surface area contributed by atoms with E-state index in [9.17, 15) is 4.79 Å². The lowest BCUT2D eigenvalue weighted by molar-refractivity contribution is -0.146. The summed E-state index contributed by atoms with van der Waals surface area (Å²) in [5, 5.41) is 3.24. The Kier molecular flexibility index (Phi) is 6.56. The molecule has 1 rings (SSSR count). The summed E-state index contributed by atoms with van der Waals surface area (Å²) in [5.41, 5.74) is 0. The second-order valence-corrected chi connectivity index (χ2v) is 4.85. The number of carbonyl (C=O) groups is 1. The molecule has 0 aliphatic rings. The number of nitrogens with one attached hydrogen (secondary N) is 1. The van der Waals surface area contributed by atoms with Crippen LogP contribution in [0.5, 0.6) is 0 Å². The number of hydrogen-bond acceptors (Lipinski definition) is 4. The maximum atomic E-state index is 11.9. The van der Waals surface area contributed by atoms with Crippen molar-refractivity contribution < 1.29 is 9.53 Å². The Hall–Kier alpha value is -1.36. The molecule has 0 aliphatic heterocycles. The highest BCUT2D eigenvalue weighted by atomic mass is 16.5. The lowest BCUT2D eigenvalue weighted by atomic mass is 10.2. The second kappa shape index (κ2) is 7.94. The van der Waals surface area contributed by atoms with Gasteiger partial charge in [-0.05, 0) is 19.9 Å². The van der Waals surface area contributed by atoms with Crippen molar-refractivity contribution in [1.29, 1.82) is 0 Å². The van der Waals surface area contributed by atoms with Crippen LogP contribution in [0.4, 0.5) is 0 Å². The molecule has 0 spiro atoms. The molecule has 0 amide bonds. The van der Waals surface area contributed by atoms with E-state index in [4.69, 9.17) is 4.74 Å². The Morgan fingerprint density at radius 2 is 2.21 bits per heavy atom. The van der Waals surface area contributed by atoms with E-state index < -0.39 is 0 Å². The fourth-order valence-electron chi connectivity index (χ4n) is 1.96. The number of aromatic nitrogens is 2. The van der Waals surface area contributed by atoms with E-state index in [1.807, 2.05) is 17.7 Å². The predicted molar refractivity (Wildman–Crippen MR) is 75.0 cm³/mol. The van der Waals surface area contributed by atoms with Crippen LogP contribution in [0.15, 0.2) is 12.4 Å². The van der Waals surface area contributed by atoms with Crippen LogP contribution >= 0.6 is 0 Å². The summed E-state index contributed by atoms with van der Waals surface area (Å²) in [6.45, 7) is 9.86. The fraction of sp³-hybridized carbons (Fsp3) is 0.714. The lowest BCUT2D eigenvalue weighted by Crippen LogP contribution is -2.42. The molecule has 0 saturated heterocycles. The number of hydrogen-bond donors (Lipinski definition) is 1. The minimum absolute atomic E-state index is 0.195. The zero-order valence-corrected chi connectivity index (χ0v) is 12.3. The molecule has 1 atom stereocenters. The molecule has 1 unspecified atom stereocenters. The van der Waals surface area contributed by atoms with Gasteiger partial charge in [-0.1, -0.05) is 20.8 Å². The standard InChI is InChI=1S/C14H25N3O2/c1-5-7-15-12(14(18)19-6-2)10-17-9-8-16-13(17)11(3)4/h8-9,11-12,15H,5-7,10H2,1-4H3. The van der Waals surface area contributed by atoms with E-state index in [1.54, 1.807) is 6.20 Å². The third-order valence-corrected chi connectivity index (χ3v) is 2.86. The third kappa shape index (κ3) is 4.67. The zero-order valence-electron chi connectivity index (χ0n) is 12.3. The molecule has 5 heteroatoms. The second-order valence-electron chi connectivity index (χ2n) is 4.85. The van der Waals surface area contributed by atoms with E-state index in [1.165, 1.54) is 0 Å². The summed E-state index contributed by atoms with van der Waals surface area (Å²) in [6.07, 6.45) is 4.67. The van der Waals surface area contributed by atoms with Crippen LogP contribution in [0.2, 0.25) is 0 Å². The number of rotatable bonds is 8. The summed E-state index contributed by atoms with van der Waals surface area (Å²) >= 11 is 0. The first kappa shape index (κ1) is 15.7. The smallest absolute Gasteiger partial charge is 0.324 e. The van der Waals surface area contributed by atoms with Crippen LogP contribution in [0.1, 0.15) is 45.9 Å². The molecule has 1 N–H and O–H groups in total. The van der Waals surface area contributed by atoms with Crippen molar-refractivity contribution in [3.8, 4) is 0 Å². The Balaban J connectivity index is 2.75. The molecular weight excluding hydrogens is 242 g/mol. The molecule has 5 nitrogen and oxygen atoms in total. The van der Waals surface area contributed by atoms with Crippen molar-refractivity contribution in [3.63, 3.8) is 0 Å². The summed E-state index contributed by atoms with van der Waals surface area (Å²) in [4.78, 5) is 16.3. The number of imidazole rings is 1. The first-order valence-electron chi connectivity index (χ1n) is 7.01. The van der Waals surface area contributed by atoms with Crippen molar-refractivity contribution in [2.75, 3.05) is 13.2 Å². The maximum Gasteiger partial charge on any atom is 0.324 e. The Labute approximate surface area is 115 Å². The van der Waals surface area contributed by atoms with Gasteiger partial charge in [0, 0.05) is 24.9 Å². The number of esters is 1. The lowest BCUT2D eigenvalue weighted by Gasteiger charge is -2.19. The zero-order chi connectivity index (χ0) is 14.3. The van der Waals surface area contributed by atoms with Crippen LogP contribution in [0.25, 0.3) is 0 Å². The maximum absolute atomic E-state index is 11.9. The summed E-state index contributed by atoms with van der Waals surface area (Å²) in [7, 11) is 0. The largest absolute Gasteiger partial charge is 0.465 e. The summed E-state index contributed by atoms with van der Waals surface area (Å²) < 4.78 is 7.14. The molecular formula is C14H25N3O2. The number of nitrogens with zero attached hydrogens (tertiary/aromatic N) is 2. The van der Waals surface area contributed by atoms with Crippen molar-refractivity contribution in [2.45, 2.75) is 52.6 Å². The van der Waals surface area contributed by atoms with Gasteiger partial charge in [-0.2, -0.15) is 0 Å². The van der Waals surface area contributed by atoms with Crippen molar-refractivity contribution >= 4 is 5.97 Å². The predicted octanol–water partition coefficient (Wildman–Crippen LogP) is 1.94. The van der Waals surface area contributed by atoms with Crippen LogP contribution < -0.4 is 5.32 Å². The average molecular weight is 267 g/mol. The van der Waals surface area contributed by atoms with Gasteiger partial charge in [0.05, 0.1) is 6.61 Å². The van der Waals surface area contributed by atoms with Gasteiger partial charge in [0.2, 0.25) is 0 Å².